The molecule has 2 N–H and O–H groups in total. The smallest absolute Gasteiger partial charge is 0.220 e. The second-order valence-electron chi connectivity index (χ2n) is 2.39. The van der Waals surface area contributed by atoms with Crippen LogP contribution in [0, 0.1) is 0 Å². The Labute approximate surface area is 69.6 Å². The SMILES string of the molecule is NCc1ccc(-n2cccn2)o1. The maximum atomic E-state index is 5.39. The molecule has 0 aliphatic heterocycles. The van der Waals surface area contributed by atoms with Gasteiger partial charge in [-0.15, -0.1) is 0 Å². The van der Waals surface area contributed by atoms with E-state index in [-0.39, 0.29) is 0 Å². The molecule has 62 valence electrons. The summed E-state index contributed by atoms with van der Waals surface area (Å²) in [5.41, 5.74) is 5.39. The molecule has 0 saturated carbocycles. The molecule has 0 spiro atoms. The largest absolute Gasteiger partial charge is 0.442 e. The Kier molecular flexibility index (Phi) is 1.68. The van der Waals surface area contributed by atoms with E-state index < -0.39 is 0 Å². The Morgan fingerprint density at radius 1 is 1.50 bits per heavy atom. The van der Waals surface area contributed by atoms with Crippen molar-refractivity contribution in [2.75, 3.05) is 0 Å². The van der Waals surface area contributed by atoms with Crippen LogP contribution in [0.15, 0.2) is 35.0 Å². The van der Waals surface area contributed by atoms with E-state index in [1.54, 1.807) is 10.9 Å². The van der Waals surface area contributed by atoms with Crippen molar-refractivity contribution in [3.05, 3.63) is 36.4 Å². The van der Waals surface area contributed by atoms with Crippen LogP contribution in [0.5, 0.6) is 0 Å². The highest BCUT2D eigenvalue weighted by Gasteiger charge is 2.01. The number of hydrogen-bond donors (Lipinski definition) is 1. The summed E-state index contributed by atoms with van der Waals surface area (Å²) in [6.07, 6.45) is 3.52. The summed E-state index contributed by atoms with van der Waals surface area (Å²) >= 11 is 0. The molecule has 0 aliphatic carbocycles. The van der Waals surface area contributed by atoms with Crippen molar-refractivity contribution in [2.45, 2.75) is 6.54 Å². The molecule has 2 rings (SSSR count). The van der Waals surface area contributed by atoms with Crippen LogP contribution in [0.3, 0.4) is 0 Å². The first kappa shape index (κ1) is 7.12. The highest BCUT2D eigenvalue weighted by Crippen LogP contribution is 2.10. The minimum absolute atomic E-state index is 0.418. The van der Waals surface area contributed by atoms with Gasteiger partial charge in [-0.1, -0.05) is 0 Å². The Hall–Kier alpha value is -1.55. The molecule has 4 heteroatoms. The van der Waals surface area contributed by atoms with Gasteiger partial charge in [0.2, 0.25) is 5.88 Å². The predicted molar refractivity (Wildman–Crippen MR) is 43.7 cm³/mol. The average molecular weight is 163 g/mol. The van der Waals surface area contributed by atoms with E-state index in [0.29, 0.717) is 12.4 Å². The summed E-state index contributed by atoms with van der Waals surface area (Å²) in [4.78, 5) is 0. The zero-order chi connectivity index (χ0) is 8.39. The number of nitrogens with two attached hydrogens (primary N) is 1. The van der Waals surface area contributed by atoms with E-state index in [4.69, 9.17) is 10.2 Å². The summed E-state index contributed by atoms with van der Waals surface area (Å²) in [5, 5.41) is 4.02. The molecule has 0 radical (unpaired) electrons. The molecule has 0 atom stereocenters. The lowest BCUT2D eigenvalue weighted by Gasteiger charge is -1.93. The molecule has 4 nitrogen and oxygen atoms in total. The van der Waals surface area contributed by atoms with Crippen molar-refractivity contribution in [2.24, 2.45) is 5.73 Å². The zero-order valence-electron chi connectivity index (χ0n) is 6.47. The summed E-state index contributed by atoms with van der Waals surface area (Å²) in [6, 6.07) is 5.52. The number of aromatic nitrogens is 2. The molecular formula is C8H9N3O. The second-order valence-corrected chi connectivity index (χ2v) is 2.39. The van der Waals surface area contributed by atoms with Crippen molar-refractivity contribution in [3.8, 4) is 5.88 Å². The van der Waals surface area contributed by atoms with Gasteiger partial charge in [-0.05, 0) is 12.1 Å². The molecule has 0 aliphatic rings. The van der Waals surface area contributed by atoms with Crippen molar-refractivity contribution in [1.29, 1.82) is 0 Å². The predicted octanol–water partition coefficient (Wildman–Crippen LogP) is 0.924. The standard InChI is InChI=1S/C8H9N3O/c9-6-7-2-3-8(12-7)11-5-1-4-10-11/h1-5H,6,9H2. The van der Waals surface area contributed by atoms with Gasteiger partial charge in [-0.3, -0.25) is 0 Å². The molecule has 0 aromatic carbocycles. The van der Waals surface area contributed by atoms with Gasteiger partial charge in [0, 0.05) is 18.5 Å². The van der Waals surface area contributed by atoms with Crippen molar-refractivity contribution in [3.63, 3.8) is 0 Å². The van der Waals surface area contributed by atoms with Crippen LogP contribution in [0.25, 0.3) is 5.88 Å². The lowest BCUT2D eigenvalue weighted by molar-refractivity contribution is 0.480. The number of furan rings is 1. The van der Waals surface area contributed by atoms with E-state index in [1.807, 2.05) is 24.4 Å². The number of rotatable bonds is 2. The normalized spacial score (nSPS) is 10.4. The number of nitrogens with zero attached hydrogens (tertiary/aromatic N) is 2. The molecule has 0 fully saturated rings. The fourth-order valence-electron chi connectivity index (χ4n) is 0.999. The van der Waals surface area contributed by atoms with Crippen LogP contribution in [-0.2, 0) is 6.54 Å². The second kappa shape index (κ2) is 2.83. The molecule has 2 aromatic rings. The highest BCUT2D eigenvalue weighted by atomic mass is 16.4. The van der Waals surface area contributed by atoms with Gasteiger partial charge in [0.05, 0.1) is 6.54 Å². The summed E-state index contributed by atoms with van der Waals surface area (Å²) < 4.78 is 7.00. The van der Waals surface area contributed by atoms with Gasteiger partial charge < -0.3 is 10.2 Å². The maximum absolute atomic E-state index is 5.39. The minimum atomic E-state index is 0.418. The van der Waals surface area contributed by atoms with Crippen LogP contribution in [-0.4, -0.2) is 9.78 Å². The van der Waals surface area contributed by atoms with Crippen LogP contribution >= 0.6 is 0 Å². The minimum Gasteiger partial charge on any atom is -0.442 e. The van der Waals surface area contributed by atoms with Crippen LogP contribution in [0.4, 0.5) is 0 Å². The third kappa shape index (κ3) is 1.12. The fraction of sp³-hybridized carbons (Fsp3) is 0.125. The highest BCUT2D eigenvalue weighted by molar-refractivity contribution is 5.19. The van der Waals surface area contributed by atoms with E-state index in [0.717, 1.165) is 5.76 Å². The van der Waals surface area contributed by atoms with Gasteiger partial charge in [0.25, 0.3) is 0 Å². The Bertz CT molecular complexity index is 350. The van der Waals surface area contributed by atoms with Crippen molar-refractivity contribution < 1.29 is 4.42 Å². The fourth-order valence-corrected chi connectivity index (χ4v) is 0.999. The topological polar surface area (TPSA) is 57.0 Å². The molecule has 0 saturated heterocycles. The van der Waals surface area contributed by atoms with E-state index >= 15 is 0 Å². The van der Waals surface area contributed by atoms with E-state index in [1.165, 1.54) is 0 Å². The lowest BCUT2D eigenvalue weighted by atomic mass is 10.5. The molecular weight excluding hydrogens is 154 g/mol. The van der Waals surface area contributed by atoms with E-state index in [9.17, 15) is 0 Å². The number of hydrogen-bond acceptors (Lipinski definition) is 3. The van der Waals surface area contributed by atoms with Crippen LogP contribution in [0.1, 0.15) is 5.76 Å². The average Bonchev–Trinajstić information content (AvgIpc) is 2.75. The zero-order valence-corrected chi connectivity index (χ0v) is 6.47. The first-order chi connectivity index (χ1) is 5.90. The van der Waals surface area contributed by atoms with Gasteiger partial charge >= 0.3 is 0 Å². The van der Waals surface area contributed by atoms with Gasteiger partial charge in [-0.2, -0.15) is 5.10 Å². The van der Waals surface area contributed by atoms with Crippen molar-refractivity contribution in [1.82, 2.24) is 9.78 Å². The van der Waals surface area contributed by atoms with Crippen LogP contribution < -0.4 is 5.73 Å². The lowest BCUT2D eigenvalue weighted by Crippen LogP contribution is -1.94. The Morgan fingerprint density at radius 2 is 2.42 bits per heavy atom. The van der Waals surface area contributed by atoms with Gasteiger partial charge in [-0.25, -0.2) is 4.68 Å². The van der Waals surface area contributed by atoms with Crippen LogP contribution in [0.2, 0.25) is 0 Å². The molecule has 2 heterocycles. The molecule has 0 unspecified atom stereocenters. The molecule has 12 heavy (non-hydrogen) atoms. The summed E-state index contributed by atoms with van der Waals surface area (Å²) in [5.74, 6) is 1.46. The van der Waals surface area contributed by atoms with Gasteiger partial charge in [0.15, 0.2) is 0 Å². The quantitative estimate of drug-likeness (QED) is 0.716. The Balaban J connectivity index is 2.35. The maximum Gasteiger partial charge on any atom is 0.220 e. The third-order valence-corrected chi connectivity index (χ3v) is 1.58. The summed E-state index contributed by atoms with van der Waals surface area (Å²) in [7, 11) is 0. The van der Waals surface area contributed by atoms with Gasteiger partial charge in [0.1, 0.15) is 5.76 Å². The van der Waals surface area contributed by atoms with Crippen molar-refractivity contribution >= 4 is 0 Å². The first-order valence-electron chi connectivity index (χ1n) is 3.69. The van der Waals surface area contributed by atoms with E-state index in [2.05, 4.69) is 5.10 Å². The summed E-state index contributed by atoms with van der Waals surface area (Å²) in [6.45, 7) is 0.418. The molecule has 0 bridgehead atoms. The monoisotopic (exact) mass is 163 g/mol. The molecule has 2 aromatic heterocycles. The first-order valence-corrected chi connectivity index (χ1v) is 3.69. The Morgan fingerprint density at radius 3 is 3.00 bits per heavy atom. The molecule has 0 amide bonds. The third-order valence-electron chi connectivity index (χ3n) is 1.58.